The molecular formula is C24H29N5O3. The summed E-state index contributed by atoms with van der Waals surface area (Å²) < 4.78 is 7.34. The van der Waals surface area contributed by atoms with Gasteiger partial charge >= 0.3 is 6.09 Å². The first kappa shape index (κ1) is 21.8. The van der Waals surface area contributed by atoms with Crippen LogP contribution >= 0.6 is 0 Å². The average molecular weight is 436 g/mol. The SMILES string of the molecule is CC(C)(C)OC(=O)N1CCC(c2ccc(C(=O)NCc3cn4ccnc4cn3)cc2)CC1. The number of benzene rings is 1. The molecule has 0 spiro atoms. The van der Waals surface area contributed by atoms with E-state index in [0.29, 0.717) is 31.1 Å². The Morgan fingerprint density at radius 3 is 2.53 bits per heavy atom. The van der Waals surface area contributed by atoms with E-state index in [9.17, 15) is 9.59 Å². The molecule has 8 heteroatoms. The molecule has 3 aromatic rings. The van der Waals surface area contributed by atoms with Crippen LogP contribution in [0.1, 0.15) is 61.1 Å². The van der Waals surface area contributed by atoms with Crippen molar-refractivity contribution >= 4 is 17.6 Å². The lowest BCUT2D eigenvalue weighted by molar-refractivity contribution is 0.0204. The summed E-state index contributed by atoms with van der Waals surface area (Å²) in [6, 6.07) is 7.74. The number of hydrogen-bond donors (Lipinski definition) is 1. The van der Waals surface area contributed by atoms with Crippen molar-refractivity contribution in [2.75, 3.05) is 13.1 Å². The Labute approximate surface area is 187 Å². The van der Waals surface area contributed by atoms with Gasteiger partial charge in [-0.3, -0.25) is 9.78 Å². The Hall–Kier alpha value is -3.42. The highest BCUT2D eigenvalue weighted by Gasteiger charge is 2.27. The van der Waals surface area contributed by atoms with Gasteiger partial charge in [0.1, 0.15) is 5.60 Å². The van der Waals surface area contributed by atoms with Crippen molar-refractivity contribution in [3.05, 3.63) is 65.9 Å². The van der Waals surface area contributed by atoms with Crippen LogP contribution in [0.25, 0.3) is 5.65 Å². The first-order valence-electron chi connectivity index (χ1n) is 10.9. The second kappa shape index (κ2) is 8.98. The van der Waals surface area contributed by atoms with Gasteiger partial charge in [-0.1, -0.05) is 12.1 Å². The highest BCUT2D eigenvalue weighted by molar-refractivity contribution is 5.94. The Morgan fingerprint density at radius 2 is 1.84 bits per heavy atom. The van der Waals surface area contributed by atoms with Gasteiger partial charge in [0.15, 0.2) is 5.65 Å². The number of ether oxygens (including phenoxy) is 1. The molecule has 8 nitrogen and oxygen atoms in total. The number of amides is 2. The number of nitrogens with one attached hydrogen (secondary N) is 1. The molecule has 2 amide bonds. The number of nitrogens with zero attached hydrogens (tertiary/aromatic N) is 4. The molecule has 2 aromatic heterocycles. The Balaban J connectivity index is 1.29. The van der Waals surface area contributed by atoms with Crippen LogP contribution in [0.3, 0.4) is 0 Å². The molecule has 1 aromatic carbocycles. The fourth-order valence-corrected chi connectivity index (χ4v) is 3.86. The van der Waals surface area contributed by atoms with Crippen molar-refractivity contribution in [2.45, 2.75) is 51.7 Å². The first-order chi connectivity index (χ1) is 15.3. The molecule has 0 bridgehead atoms. The minimum absolute atomic E-state index is 0.135. The summed E-state index contributed by atoms with van der Waals surface area (Å²) in [6.07, 6.45) is 8.62. The van der Waals surface area contributed by atoms with E-state index in [-0.39, 0.29) is 12.0 Å². The highest BCUT2D eigenvalue weighted by Crippen LogP contribution is 2.29. The summed E-state index contributed by atoms with van der Waals surface area (Å²) >= 11 is 0. The van der Waals surface area contributed by atoms with E-state index in [2.05, 4.69) is 15.3 Å². The molecule has 1 fully saturated rings. The number of piperidine rings is 1. The molecule has 0 atom stereocenters. The number of aromatic nitrogens is 3. The normalized spacial score (nSPS) is 15.0. The summed E-state index contributed by atoms with van der Waals surface area (Å²) in [4.78, 5) is 35.0. The van der Waals surface area contributed by atoms with Crippen LogP contribution in [0.15, 0.2) is 49.1 Å². The van der Waals surface area contributed by atoms with Crippen LogP contribution in [0.4, 0.5) is 4.79 Å². The quantitative estimate of drug-likeness (QED) is 0.674. The minimum atomic E-state index is -0.480. The number of carbonyl (C=O) groups excluding carboxylic acids is 2. The third-order valence-corrected chi connectivity index (χ3v) is 5.55. The lowest BCUT2D eigenvalue weighted by Gasteiger charge is -2.33. The Kier molecular flexibility index (Phi) is 6.12. The molecule has 4 rings (SSSR count). The van der Waals surface area contributed by atoms with Crippen LogP contribution in [0.2, 0.25) is 0 Å². The smallest absolute Gasteiger partial charge is 0.410 e. The molecule has 0 aliphatic carbocycles. The summed E-state index contributed by atoms with van der Waals surface area (Å²) in [5.41, 5.74) is 2.86. The minimum Gasteiger partial charge on any atom is -0.444 e. The van der Waals surface area contributed by atoms with E-state index in [4.69, 9.17) is 4.74 Å². The summed E-state index contributed by atoms with van der Waals surface area (Å²) in [6.45, 7) is 7.34. The van der Waals surface area contributed by atoms with E-state index in [0.717, 1.165) is 24.2 Å². The van der Waals surface area contributed by atoms with E-state index in [1.54, 1.807) is 17.3 Å². The van der Waals surface area contributed by atoms with Gasteiger partial charge in [0.2, 0.25) is 0 Å². The van der Waals surface area contributed by atoms with Crippen LogP contribution in [0, 0.1) is 0 Å². The summed E-state index contributed by atoms with van der Waals surface area (Å²) in [5, 5.41) is 2.91. The number of likely N-dealkylation sites (tertiary alicyclic amines) is 1. The van der Waals surface area contributed by atoms with E-state index < -0.39 is 5.60 Å². The molecule has 32 heavy (non-hydrogen) atoms. The molecule has 0 unspecified atom stereocenters. The average Bonchev–Trinajstić information content (AvgIpc) is 3.24. The van der Waals surface area contributed by atoms with Gasteiger partial charge in [0, 0.05) is 37.2 Å². The number of hydrogen-bond acceptors (Lipinski definition) is 5. The molecular weight excluding hydrogens is 406 g/mol. The molecule has 1 aliphatic heterocycles. The predicted octanol–water partition coefficient (Wildman–Crippen LogP) is 3.77. The fourth-order valence-electron chi connectivity index (χ4n) is 3.86. The molecule has 1 aliphatic rings. The van der Waals surface area contributed by atoms with Gasteiger partial charge < -0.3 is 19.4 Å². The lowest BCUT2D eigenvalue weighted by atomic mass is 9.89. The topological polar surface area (TPSA) is 88.8 Å². The number of carbonyl (C=O) groups is 2. The largest absolute Gasteiger partial charge is 0.444 e. The monoisotopic (exact) mass is 435 g/mol. The van der Waals surface area contributed by atoms with Gasteiger partial charge in [-0.25, -0.2) is 9.78 Å². The molecule has 3 heterocycles. The van der Waals surface area contributed by atoms with Crippen molar-refractivity contribution in [1.29, 1.82) is 0 Å². The van der Waals surface area contributed by atoms with Gasteiger partial charge in [-0.2, -0.15) is 0 Å². The second-order valence-electron chi connectivity index (χ2n) is 9.12. The number of rotatable bonds is 4. The Bertz CT molecular complexity index is 1090. The maximum Gasteiger partial charge on any atom is 0.410 e. The van der Waals surface area contributed by atoms with Crippen molar-refractivity contribution < 1.29 is 14.3 Å². The van der Waals surface area contributed by atoms with Gasteiger partial charge in [-0.15, -0.1) is 0 Å². The maximum absolute atomic E-state index is 12.5. The van der Waals surface area contributed by atoms with E-state index in [1.807, 2.05) is 61.8 Å². The third kappa shape index (κ3) is 5.25. The van der Waals surface area contributed by atoms with Crippen molar-refractivity contribution in [2.24, 2.45) is 0 Å². The molecule has 0 saturated carbocycles. The van der Waals surface area contributed by atoms with Crippen molar-refractivity contribution in [3.63, 3.8) is 0 Å². The predicted molar refractivity (Wildman–Crippen MR) is 120 cm³/mol. The fraction of sp³-hybridized carbons (Fsp3) is 0.417. The zero-order chi connectivity index (χ0) is 22.7. The molecule has 1 N–H and O–H groups in total. The van der Waals surface area contributed by atoms with E-state index in [1.165, 1.54) is 5.56 Å². The maximum atomic E-state index is 12.5. The molecule has 1 saturated heterocycles. The van der Waals surface area contributed by atoms with Crippen molar-refractivity contribution in [3.8, 4) is 0 Å². The van der Waals surface area contributed by atoms with Gasteiger partial charge in [-0.05, 0) is 57.2 Å². The zero-order valence-corrected chi connectivity index (χ0v) is 18.7. The van der Waals surface area contributed by atoms with Gasteiger partial charge in [0.05, 0.1) is 18.4 Å². The zero-order valence-electron chi connectivity index (χ0n) is 18.7. The van der Waals surface area contributed by atoms with Crippen LogP contribution < -0.4 is 5.32 Å². The second-order valence-corrected chi connectivity index (χ2v) is 9.12. The third-order valence-electron chi connectivity index (χ3n) is 5.55. The number of imidazole rings is 1. The first-order valence-corrected chi connectivity index (χ1v) is 10.9. The van der Waals surface area contributed by atoms with Crippen LogP contribution in [-0.4, -0.2) is 50.0 Å². The summed E-state index contributed by atoms with van der Waals surface area (Å²) in [7, 11) is 0. The lowest BCUT2D eigenvalue weighted by Crippen LogP contribution is -2.41. The van der Waals surface area contributed by atoms with Crippen LogP contribution in [-0.2, 0) is 11.3 Å². The van der Waals surface area contributed by atoms with Crippen molar-refractivity contribution in [1.82, 2.24) is 24.6 Å². The molecule has 168 valence electrons. The summed E-state index contributed by atoms with van der Waals surface area (Å²) in [5.74, 6) is 0.237. The highest BCUT2D eigenvalue weighted by atomic mass is 16.6. The van der Waals surface area contributed by atoms with E-state index >= 15 is 0 Å². The van der Waals surface area contributed by atoms with Gasteiger partial charge in [0.25, 0.3) is 5.91 Å². The Morgan fingerprint density at radius 1 is 1.12 bits per heavy atom. The van der Waals surface area contributed by atoms with Crippen LogP contribution in [0.5, 0.6) is 0 Å². The molecule has 0 radical (unpaired) electrons. The standard InChI is InChI=1S/C24H29N5O3/c1-24(2,3)32-23(31)28-11-8-18(9-12-28)17-4-6-19(7-5-17)22(30)27-14-20-16-29-13-10-25-21(29)15-26-20/h4-7,10,13,15-16,18H,8-9,11-12,14H2,1-3H3,(H,27,30). The number of fused-ring (bicyclic) bond motifs is 1.